The molecule has 0 aromatic carbocycles. The Morgan fingerprint density at radius 3 is 1.87 bits per heavy atom. The van der Waals surface area contributed by atoms with Crippen LogP contribution < -0.4 is 0 Å². The monoisotopic (exact) mass is 296 g/mol. The average molecular weight is 297 g/mol. The fourth-order valence-corrected chi connectivity index (χ4v) is 5.28. The standard InChI is InChI=1S/C11H25BrO2Si/c1-4-9-13-15(6-3,11-7-8-12)14-10-5-2/h4-11H2,1-3H3. The van der Waals surface area contributed by atoms with Gasteiger partial charge in [0.1, 0.15) is 0 Å². The van der Waals surface area contributed by atoms with Gasteiger partial charge in [-0.25, -0.2) is 0 Å². The number of hydrogen-bond acceptors (Lipinski definition) is 2. The van der Waals surface area contributed by atoms with Crippen molar-refractivity contribution in [3.63, 3.8) is 0 Å². The fourth-order valence-electron chi connectivity index (χ4n) is 1.48. The second-order valence-electron chi connectivity index (χ2n) is 3.75. The Kier molecular flexibility index (Phi) is 10.2. The van der Waals surface area contributed by atoms with E-state index in [1.165, 1.54) is 0 Å². The largest absolute Gasteiger partial charge is 0.394 e. The van der Waals surface area contributed by atoms with Gasteiger partial charge in [0.2, 0.25) is 0 Å². The van der Waals surface area contributed by atoms with Crippen LogP contribution in [-0.2, 0) is 8.85 Å². The predicted molar refractivity (Wildman–Crippen MR) is 71.9 cm³/mol. The quantitative estimate of drug-likeness (QED) is 0.447. The van der Waals surface area contributed by atoms with Crippen LogP contribution in [0, 0.1) is 0 Å². The molecule has 0 radical (unpaired) electrons. The maximum Gasteiger partial charge on any atom is 0.337 e. The first-order valence-electron chi connectivity index (χ1n) is 6.08. The van der Waals surface area contributed by atoms with Gasteiger partial charge in [-0.05, 0) is 31.4 Å². The summed E-state index contributed by atoms with van der Waals surface area (Å²) >= 11 is 3.48. The van der Waals surface area contributed by atoms with Crippen molar-refractivity contribution in [3.8, 4) is 0 Å². The summed E-state index contributed by atoms with van der Waals surface area (Å²) in [5, 5.41) is 1.05. The summed E-state index contributed by atoms with van der Waals surface area (Å²) in [5.41, 5.74) is 0. The second-order valence-corrected chi connectivity index (χ2v) is 8.15. The molecule has 0 bridgehead atoms. The van der Waals surface area contributed by atoms with Crippen molar-refractivity contribution in [2.75, 3.05) is 18.5 Å². The van der Waals surface area contributed by atoms with Crippen molar-refractivity contribution in [2.45, 2.75) is 52.1 Å². The lowest BCUT2D eigenvalue weighted by Gasteiger charge is -2.29. The van der Waals surface area contributed by atoms with E-state index >= 15 is 0 Å². The molecule has 0 atom stereocenters. The van der Waals surface area contributed by atoms with E-state index in [1.807, 2.05) is 0 Å². The lowest BCUT2D eigenvalue weighted by atomic mass is 10.5. The molecule has 0 aliphatic heterocycles. The van der Waals surface area contributed by atoms with Crippen LogP contribution >= 0.6 is 15.9 Å². The zero-order valence-corrected chi connectivity index (χ0v) is 12.9. The Hall–Kier alpha value is 0.617. The molecule has 2 nitrogen and oxygen atoms in total. The van der Waals surface area contributed by atoms with E-state index in [2.05, 4.69) is 36.7 Å². The van der Waals surface area contributed by atoms with E-state index in [0.717, 1.165) is 49.9 Å². The first-order valence-corrected chi connectivity index (χ1v) is 9.43. The van der Waals surface area contributed by atoms with Crippen molar-refractivity contribution in [1.82, 2.24) is 0 Å². The fraction of sp³-hybridized carbons (Fsp3) is 1.00. The van der Waals surface area contributed by atoms with Crippen molar-refractivity contribution in [1.29, 1.82) is 0 Å². The molecule has 0 heterocycles. The second kappa shape index (κ2) is 9.82. The maximum atomic E-state index is 6.03. The third-order valence-corrected chi connectivity index (χ3v) is 6.58. The van der Waals surface area contributed by atoms with E-state index < -0.39 is 8.56 Å². The highest BCUT2D eigenvalue weighted by Gasteiger charge is 2.34. The highest BCUT2D eigenvalue weighted by molar-refractivity contribution is 9.09. The lowest BCUT2D eigenvalue weighted by molar-refractivity contribution is 0.168. The molecule has 0 spiro atoms. The average Bonchev–Trinajstić information content (AvgIpc) is 2.29. The van der Waals surface area contributed by atoms with Crippen molar-refractivity contribution < 1.29 is 8.85 Å². The molecule has 15 heavy (non-hydrogen) atoms. The SMILES string of the molecule is CCCO[Si](CC)(CCCBr)OCCC. The maximum absolute atomic E-state index is 6.03. The first kappa shape index (κ1) is 15.6. The zero-order valence-electron chi connectivity index (χ0n) is 10.4. The summed E-state index contributed by atoms with van der Waals surface area (Å²) in [6.07, 6.45) is 3.32. The molecule has 0 N–H and O–H groups in total. The molecule has 0 aliphatic rings. The van der Waals surface area contributed by atoms with Gasteiger partial charge in [-0.1, -0.05) is 36.7 Å². The van der Waals surface area contributed by atoms with E-state index in [0.29, 0.717) is 0 Å². The molecule has 0 saturated carbocycles. The lowest BCUT2D eigenvalue weighted by Crippen LogP contribution is -2.42. The van der Waals surface area contributed by atoms with Crippen molar-refractivity contribution >= 4 is 24.5 Å². The van der Waals surface area contributed by atoms with Crippen LogP contribution in [0.25, 0.3) is 0 Å². The molecule has 0 unspecified atom stereocenters. The highest BCUT2D eigenvalue weighted by Crippen LogP contribution is 2.22. The number of rotatable bonds is 10. The molecule has 0 aliphatic carbocycles. The smallest absolute Gasteiger partial charge is 0.337 e. The van der Waals surface area contributed by atoms with Gasteiger partial charge in [-0.2, -0.15) is 0 Å². The summed E-state index contributed by atoms with van der Waals surface area (Å²) in [5.74, 6) is 0. The Morgan fingerprint density at radius 2 is 1.53 bits per heavy atom. The van der Waals surface area contributed by atoms with E-state index in [-0.39, 0.29) is 0 Å². The van der Waals surface area contributed by atoms with Crippen LogP contribution in [0.4, 0.5) is 0 Å². The summed E-state index contributed by atoms with van der Waals surface area (Å²) in [6, 6.07) is 2.19. The minimum atomic E-state index is -1.86. The summed E-state index contributed by atoms with van der Waals surface area (Å²) in [7, 11) is -1.86. The topological polar surface area (TPSA) is 18.5 Å². The van der Waals surface area contributed by atoms with Crippen LogP contribution in [0.5, 0.6) is 0 Å². The number of halogens is 1. The Labute approximate surface area is 104 Å². The molecule has 0 saturated heterocycles. The molecular formula is C11H25BrO2Si. The van der Waals surface area contributed by atoms with Gasteiger partial charge in [-0.3, -0.25) is 0 Å². The van der Waals surface area contributed by atoms with Gasteiger partial charge in [0.25, 0.3) is 0 Å². The first-order chi connectivity index (χ1) is 7.24. The van der Waals surface area contributed by atoms with Gasteiger partial charge in [0.15, 0.2) is 0 Å². The molecule has 0 aromatic heterocycles. The summed E-state index contributed by atoms with van der Waals surface area (Å²) in [4.78, 5) is 0. The summed E-state index contributed by atoms with van der Waals surface area (Å²) in [6.45, 7) is 8.21. The van der Waals surface area contributed by atoms with Crippen LogP contribution in [0.1, 0.15) is 40.0 Å². The van der Waals surface area contributed by atoms with Crippen LogP contribution in [0.2, 0.25) is 12.1 Å². The van der Waals surface area contributed by atoms with E-state index in [9.17, 15) is 0 Å². The summed E-state index contributed by atoms with van der Waals surface area (Å²) < 4.78 is 12.1. The molecule has 0 aromatic rings. The molecule has 0 fully saturated rings. The molecule has 0 amide bonds. The van der Waals surface area contributed by atoms with Gasteiger partial charge < -0.3 is 8.85 Å². The molecular weight excluding hydrogens is 272 g/mol. The van der Waals surface area contributed by atoms with Crippen molar-refractivity contribution in [2.24, 2.45) is 0 Å². The Balaban J connectivity index is 4.16. The van der Waals surface area contributed by atoms with Gasteiger partial charge in [-0.15, -0.1) is 0 Å². The number of alkyl halides is 1. The third kappa shape index (κ3) is 6.71. The number of hydrogen-bond donors (Lipinski definition) is 0. The van der Waals surface area contributed by atoms with Crippen LogP contribution in [-0.4, -0.2) is 27.1 Å². The van der Waals surface area contributed by atoms with E-state index in [1.54, 1.807) is 0 Å². The van der Waals surface area contributed by atoms with Crippen molar-refractivity contribution in [3.05, 3.63) is 0 Å². The Morgan fingerprint density at radius 1 is 1.00 bits per heavy atom. The minimum absolute atomic E-state index is 0.853. The van der Waals surface area contributed by atoms with Crippen LogP contribution in [0.3, 0.4) is 0 Å². The van der Waals surface area contributed by atoms with Gasteiger partial charge >= 0.3 is 8.56 Å². The van der Waals surface area contributed by atoms with Crippen LogP contribution in [0.15, 0.2) is 0 Å². The highest BCUT2D eigenvalue weighted by atomic mass is 79.9. The van der Waals surface area contributed by atoms with Gasteiger partial charge in [0, 0.05) is 18.5 Å². The molecule has 4 heteroatoms. The van der Waals surface area contributed by atoms with E-state index in [4.69, 9.17) is 8.85 Å². The Bertz CT molecular complexity index is 123. The third-order valence-electron chi connectivity index (χ3n) is 2.37. The molecule has 92 valence electrons. The minimum Gasteiger partial charge on any atom is -0.394 e. The zero-order chi connectivity index (χ0) is 11.6. The predicted octanol–water partition coefficient (Wildman–Crippen LogP) is 4.09. The normalized spacial score (nSPS) is 12.0. The van der Waals surface area contributed by atoms with Gasteiger partial charge in [0.05, 0.1) is 0 Å². The molecule has 0 rings (SSSR count).